The Bertz CT molecular complexity index is 551. The van der Waals surface area contributed by atoms with Crippen LogP contribution in [-0.2, 0) is 0 Å². The van der Waals surface area contributed by atoms with Gasteiger partial charge in [-0.3, -0.25) is 0 Å². The van der Waals surface area contributed by atoms with Crippen molar-refractivity contribution in [2.24, 2.45) is 5.92 Å². The van der Waals surface area contributed by atoms with E-state index in [-0.39, 0.29) is 37.1 Å². The molecular formula is C12H12Cl2F3N3O2. The summed E-state index contributed by atoms with van der Waals surface area (Å²) in [7, 11) is 0. The molecule has 2 rings (SSSR count). The molecule has 2 amide bonds. The van der Waals surface area contributed by atoms with E-state index >= 15 is 0 Å². The second-order valence-electron chi connectivity index (χ2n) is 4.66. The van der Waals surface area contributed by atoms with Crippen LogP contribution in [0, 0.1) is 5.92 Å². The molecular weight excluding hydrogens is 346 g/mol. The Morgan fingerprint density at radius 1 is 1.45 bits per heavy atom. The number of ether oxygens (including phenoxy) is 1. The van der Waals surface area contributed by atoms with Crippen molar-refractivity contribution < 1.29 is 22.7 Å². The van der Waals surface area contributed by atoms with Gasteiger partial charge in [-0.15, -0.1) is 0 Å². The molecule has 1 fully saturated rings. The number of pyridine rings is 1. The summed E-state index contributed by atoms with van der Waals surface area (Å²) in [6.45, 7) is -0.440. The van der Waals surface area contributed by atoms with E-state index in [1.165, 1.54) is 12.3 Å². The Hall–Kier alpha value is -1.41. The molecule has 0 aliphatic carbocycles. The minimum absolute atomic E-state index is 0.0800. The lowest BCUT2D eigenvalue weighted by molar-refractivity contribution is -0.202. The van der Waals surface area contributed by atoms with Crippen molar-refractivity contribution in [1.82, 2.24) is 15.2 Å². The molecule has 22 heavy (non-hydrogen) atoms. The lowest BCUT2D eigenvalue weighted by atomic mass is 10.0. The molecule has 0 aromatic carbocycles. The number of carbonyl (C=O) groups is 1. The van der Waals surface area contributed by atoms with Crippen molar-refractivity contribution >= 4 is 29.2 Å². The number of hydrogen-bond donors (Lipinski definition) is 1. The number of hydrogen-bond acceptors (Lipinski definition) is 3. The normalized spacial score (nSPS) is 15.4. The van der Waals surface area contributed by atoms with Crippen LogP contribution in [0.15, 0.2) is 12.3 Å². The maximum atomic E-state index is 12.3. The highest BCUT2D eigenvalue weighted by molar-refractivity contribution is 6.35. The van der Waals surface area contributed by atoms with E-state index in [2.05, 4.69) is 10.3 Å². The fourth-order valence-electron chi connectivity index (χ4n) is 1.78. The van der Waals surface area contributed by atoms with Gasteiger partial charge in [0.25, 0.3) is 0 Å². The molecule has 1 aromatic heterocycles. The zero-order valence-electron chi connectivity index (χ0n) is 11.2. The molecule has 5 nitrogen and oxygen atoms in total. The number of urea groups is 1. The Morgan fingerprint density at radius 2 is 2.14 bits per heavy atom. The van der Waals surface area contributed by atoms with Gasteiger partial charge in [-0.2, -0.15) is 13.2 Å². The van der Waals surface area contributed by atoms with Gasteiger partial charge in [-0.1, -0.05) is 23.2 Å². The number of amides is 2. The fourth-order valence-corrected chi connectivity index (χ4v) is 2.21. The molecule has 1 saturated heterocycles. The zero-order chi connectivity index (χ0) is 16.3. The fraction of sp³-hybridized carbons (Fsp3) is 0.500. The van der Waals surface area contributed by atoms with Crippen molar-refractivity contribution in [2.75, 3.05) is 26.2 Å². The van der Waals surface area contributed by atoms with Crippen molar-refractivity contribution in [1.29, 1.82) is 0 Å². The molecule has 0 saturated carbocycles. The summed E-state index contributed by atoms with van der Waals surface area (Å²) >= 11 is 11.5. The largest absolute Gasteiger partial charge is 0.475 e. The first-order valence-electron chi connectivity index (χ1n) is 6.30. The predicted molar refractivity (Wildman–Crippen MR) is 74.3 cm³/mol. The summed E-state index contributed by atoms with van der Waals surface area (Å²) < 4.78 is 42.1. The van der Waals surface area contributed by atoms with Crippen LogP contribution >= 0.6 is 23.2 Å². The van der Waals surface area contributed by atoms with E-state index in [9.17, 15) is 18.0 Å². The topological polar surface area (TPSA) is 54.5 Å². The molecule has 1 aliphatic heterocycles. The minimum Gasteiger partial charge on any atom is -0.475 e. The number of nitrogens with zero attached hydrogens (tertiary/aromatic N) is 2. The number of carbonyl (C=O) groups excluding carboxylic acids is 1. The zero-order valence-corrected chi connectivity index (χ0v) is 12.7. The third kappa shape index (κ3) is 4.30. The molecule has 122 valence electrons. The van der Waals surface area contributed by atoms with Crippen molar-refractivity contribution in [2.45, 2.75) is 6.18 Å². The standard InChI is InChI=1S/C12H12Cl2F3N3O2/c13-8-3-9(14)10(19-4-8)22-2-1-18-11(21)20-5-7(6-20)12(15,16)17/h3-4,7H,1-2,5-6H2,(H,18,21). The van der Waals surface area contributed by atoms with Gasteiger partial charge in [0.15, 0.2) is 0 Å². The molecule has 1 N–H and O–H groups in total. The maximum absolute atomic E-state index is 12.3. The van der Waals surface area contributed by atoms with Gasteiger partial charge in [0.2, 0.25) is 5.88 Å². The van der Waals surface area contributed by atoms with E-state index < -0.39 is 18.1 Å². The highest BCUT2D eigenvalue weighted by Gasteiger charge is 2.48. The summed E-state index contributed by atoms with van der Waals surface area (Å²) in [5.74, 6) is -1.27. The molecule has 0 spiro atoms. The van der Waals surface area contributed by atoms with E-state index in [4.69, 9.17) is 27.9 Å². The van der Waals surface area contributed by atoms with Crippen LogP contribution in [-0.4, -0.2) is 48.3 Å². The SMILES string of the molecule is O=C(NCCOc1ncc(Cl)cc1Cl)N1CC(C(F)(F)F)C1. The van der Waals surface area contributed by atoms with Crippen LogP contribution in [0.25, 0.3) is 0 Å². The van der Waals surface area contributed by atoms with Gasteiger partial charge < -0.3 is 15.0 Å². The Morgan fingerprint density at radius 3 is 2.73 bits per heavy atom. The van der Waals surface area contributed by atoms with Crippen molar-refractivity contribution in [3.8, 4) is 5.88 Å². The Kier molecular flexibility index (Phi) is 5.23. The van der Waals surface area contributed by atoms with E-state index in [1.54, 1.807) is 0 Å². The summed E-state index contributed by atoms with van der Waals surface area (Å²) in [4.78, 5) is 16.5. The monoisotopic (exact) mass is 357 g/mol. The second-order valence-corrected chi connectivity index (χ2v) is 5.51. The molecule has 1 aliphatic rings. The van der Waals surface area contributed by atoms with E-state index in [0.717, 1.165) is 4.90 Å². The first kappa shape index (κ1) is 17.0. The third-order valence-corrected chi connectivity index (χ3v) is 3.50. The van der Waals surface area contributed by atoms with Gasteiger partial charge in [-0.05, 0) is 6.07 Å². The number of likely N-dealkylation sites (tertiary alicyclic amines) is 1. The van der Waals surface area contributed by atoms with Gasteiger partial charge in [0.05, 0.1) is 17.5 Å². The van der Waals surface area contributed by atoms with Gasteiger partial charge >= 0.3 is 12.2 Å². The highest BCUT2D eigenvalue weighted by atomic mass is 35.5. The van der Waals surface area contributed by atoms with Crippen LogP contribution in [0.3, 0.4) is 0 Å². The number of nitrogens with one attached hydrogen (secondary N) is 1. The number of aromatic nitrogens is 1. The van der Waals surface area contributed by atoms with E-state index in [1.807, 2.05) is 0 Å². The maximum Gasteiger partial charge on any atom is 0.395 e. The number of halogens is 5. The lowest BCUT2D eigenvalue weighted by Gasteiger charge is -2.39. The van der Waals surface area contributed by atoms with Gasteiger partial charge in [-0.25, -0.2) is 9.78 Å². The quantitative estimate of drug-likeness (QED) is 0.842. The average molecular weight is 358 g/mol. The molecule has 1 aromatic rings. The molecule has 2 heterocycles. The molecule has 10 heteroatoms. The molecule has 0 atom stereocenters. The van der Waals surface area contributed by atoms with Gasteiger partial charge in [0.1, 0.15) is 11.6 Å². The second kappa shape index (κ2) is 6.78. The van der Waals surface area contributed by atoms with Crippen LogP contribution in [0.1, 0.15) is 0 Å². The molecule has 0 unspecified atom stereocenters. The lowest BCUT2D eigenvalue weighted by Crippen LogP contribution is -2.58. The first-order valence-corrected chi connectivity index (χ1v) is 7.06. The smallest absolute Gasteiger partial charge is 0.395 e. The summed E-state index contributed by atoms with van der Waals surface area (Å²) in [6.07, 6.45) is -2.89. The van der Waals surface area contributed by atoms with Gasteiger partial charge in [0, 0.05) is 19.3 Å². The summed E-state index contributed by atoms with van der Waals surface area (Å²) in [6, 6.07) is 0.903. The Labute approximate surface area is 134 Å². The summed E-state index contributed by atoms with van der Waals surface area (Å²) in [5, 5.41) is 3.05. The minimum atomic E-state index is -4.25. The highest BCUT2D eigenvalue weighted by Crippen LogP contribution is 2.33. The molecule has 0 radical (unpaired) electrons. The molecule has 0 bridgehead atoms. The van der Waals surface area contributed by atoms with Crippen LogP contribution in [0.5, 0.6) is 5.88 Å². The first-order chi connectivity index (χ1) is 10.3. The Balaban J connectivity index is 1.66. The van der Waals surface area contributed by atoms with E-state index in [0.29, 0.717) is 5.02 Å². The summed E-state index contributed by atoms with van der Waals surface area (Å²) in [5.41, 5.74) is 0. The number of alkyl halides is 3. The van der Waals surface area contributed by atoms with Crippen molar-refractivity contribution in [3.63, 3.8) is 0 Å². The van der Waals surface area contributed by atoms with Crippen LogP contribution < -0.4 is 10.1 Å². The van der Waals surface area contributed by atoms with Crippen LogP contribution in [0.4, 0.5) is 18.0 Å². The van der Waals surface area contributed by atoms with Crippen molar-refractivity contribution in [3.05, 3.63) is 22.3 Å². The average Bonchev–Trinajstić information content (AvgIpc) is 2.33. The van der Waals surface area contributed by atoms with Crippen LogP contribution in [0.2, 0.25) is 10.0 Å². The predicted octanol–water partition coefficient (Wildman–Crippen LogP) is 2.97. The third-order valence-electron chi connectivity index (χ3n) is 3.02. The number of rotatable bonds is 4.